The minimum absolute atomic E-state index is 0.111. The number of aliphatic hydroxyl groups excluding tert-OH is 1. The van der Waals surface area contributed by atoms with E-state index in [1.165, 1.54) is 6.07 Å². The van der Waals surface area contributed by atoms with Gasteiger partial charge in [-0.25, -0.2) is 0 Å². The second kappa shape index (κ2) is 6.90. The Morgan fingerprint density at radius 1 is 1.35 bits per heavy atom. The number of carbonyl (C=O) groups is 2. The van der Waals surface area contributed by atoms with E-state index in [0.29, 0.717) is 11.2 Å². The first-order valence-corrected chi connectivity index (χ1v) is 7.34. The number of halogens is 1. The van der Waals surface area contributed by atoms with E-state index in [1.54, 1.807) is 6.07 Å². The lowest BCUT2D eigenvalue weighted by atomic mass is 10.1. The van der Waals surface area contributed by atoms with Gasteiger partial charge in [-0.05, 0) is 40.9 Å². The fraction of sp³-hybridized carbons (Fsp3) is 0.538. The highest BCUT2D eigenvalue weighted by Crippen LogP contribution is 2.24. The van der Waals surface area contributed by atoms with Crippen LogP contribution >= 0.6 is 15.9 Å². The van der Waals surface area contributed by atoms with Crippen molar-refractivity contribution in [3.05, 3.63) is 22.6 Å². The first-order chi connectivity index (χ1) is 9.56. The number of rotatable bonds is 5. The summed E-state index contributed by atoms with van der Waals surface area (Å²) in [6.45, 7) is 0.335. The van der Waals surface area contributed by atoms with Gasteiger partial charge in [0.2, 0.25) is 5.91 Å². The lowest BCUT2D eigenvalue weighted by molar-refractivity contribution is -0.120. The molecule has 2 atom stereocenters. The van der Waals surface area contributed by atoms with E-state index in [4.69, 9.17) is 4.42 Å². The summed E-state index contributed by atoms with van der Waals surface area (Å²) in [7, 11) is 0. The van der Waals surface area contributed by atoms with Crippen LogP contribution in [0.15, 0.2) is 21.2 Å². The Morgan fingerprint density at radius 2 is 2.15 bits per heavy atom. The Morgan fingerprint density at radius 3 is 2.75 bits per heavy atom. The number of nitrogens with one attached hydrogen (secondary N) is 2. The predicted molar refractivity (Wildman–Crippen MR) is 75.1 cm³/mol. The molecule has 2 amide bonds. The van der Waals surface area contributed by atoms with Gasteiger partial charge in [-0.15, -0.1) is 0 Å². The number of aliphatic hydroxyl groups is 1. The van der Waals surface area contributed by atoms with Gasteiger partial charge in [0.1, 0.15) is 0 Å². The minimum atomic E-state index is -0.438. The maximum atomic E-state index is 11.6. The molecular weight excluding hydrogens is 328 g/mol. The van der Waals surface area contributed by atoms with Crippen LogP contribution < -0.4 is 10.6 Å². The van der Waals surface area contributed by atoms with Gasteiger partial charge in [-0.1, -0.05) is 6.42 Å². The number of hydrogen-bond acceptors (Lipinski definition) is 4. The van der Waals surface area contributed by atoms with Crippen LogP contribution in [0.25, 0.3) is 0 Å². The van der Waals surface area contributed by atoms with Crippen LogP contribution in [-0.4, -0.2) is 36.1 Å². The highest BCUT2D eigenvalue weighted by atomic mass is 79.9. The summed E-state index contributed by atoms with van der Waals surface area (Å²) >= 11 is 3.10. The third kappa shape index (κ3) is 4.08. The van der Waals surface area contributed by atoms with Crippen LogP contribution in [0.3, 0.4) is 0 Å². The van der Waals surface area contributed by atoms with Gasteiger partial charge in [0, 0.05) is 12.5 Å². The third-order valence-corrected chi connectivity index (χ3v) is 3.81. The Hall–Kier alpha value is -1.34. The van der Waals surface area contributed by atoms with Gasteiger partial charge in [0.15, 0.2) is 10.4 Å². The van der Waals surface area contributed by atoms with E-state index >= 15 is 0 Å². The van der Waals surface area contributed by atoms with Crippen LogP contribution in [0.4, 0.5) is 0 Å². The van der Waals surface area contributed by atoms with E-state index < -0.39 is 5.91 Å². The van der Waals surface area contributed by atoms with Crippen LogP contribution in [0.1, 0.15) is 29.8 Å². The summed E-state index contributed by atoms with van der Waals surface area (Å²) in [4.78, 5) is 23.2. The topological polar surface area (TPSA) is 91.6 Å². The van der Waals surface area contributed by atoms with Crippen molar-refractivity contribution in [2.75, 3.05) is 13.1 Å². The van der Waals surface area contributed by atoms with Crippen molar-refractivity contribution in [1.29, 1.82) is 0 Å². The molecule has 1 aromatic rings. The van der Waals surface area contributed by atoms with Crippen LogP contribution in [0.5, 0.6) is 0 Å². The molecule has 1 saturated carbocycles. The molecule has 1 aliphatic carbocycles. The van der Waals surface area contributed by atoms with E-state index in [1.807, 2.05) is 0 Å². The lowest BCUT2D eigenvalue weighted by Crippen LogP contribution is -2.39. The highest BCUT2D eigenvalue weighted by molar-refractivity contribution is 9.10. The molecule has 2 rings (SSSR count). The maximum Gasteiger partial charge on any atom is 0.287 e. The summed E-state index contributed by atoms with van der Waals surface area (Å²) in [6, 6.07) is 3.13. The zero-order chi connectivity index (χ0) is 14.5. The molecule has 2 unspecified atom stereocenters. The quantitative estimate of drug-likeness (QED) is 0.744. The molecule has 6 nitrogen and oxygen atoms in total. The fourth-order valence-electron chi connectivity index (χ4n) is 2.25. The van der Waals surface area contributed by atoms with Crippen molar-refractivity contribution in [1.82, 2.24) is 10.6 Å². The van der Waals surface area contributed by atoms with Gasteiger partial charge < -0.3 is 20.2 Å². The van der Waals surface area contributed by atoms with Crippen LogP contribution in [0, 0.1) is 5.92 Å². The van der Waals surface area contributed by atoms with E-state index in [0.717, 1.165) is 19.3 Å². The van der Waals surface area contributed by atoms with Crippen LogP contribution in [0.2, 0.25) is 0 Å². The molecule has 1 aromatic heterocycles. The zero-order valence-electron chi connectivity index (χ0n) is 10.9. The van der Waals surface area contributed by atoms with Crippen molar-refractivity contribution < 1.29 is 19.1 Å². The summed E-state index contributed by atoms with van der Waals surface area (Å²) in [5, 5.41) is 14.8. The second-order valence-corrected chi connectivity index (χ2v) is 5.63. The van der Waals surface area contributed by atoms with Crippen molar-refractivity contribution in [3.63, 3.8) is 0 Å². The first-order valence-electron chi connectivity index (χ1n) is 6.54. The molecule has 20 heavy (non-hydrogen) atoms. The average molecular weight is 345 g/mol. The summed E-state index contributed by atoms with van der Waals surface area (Å²) in [6.07, 6.45) is 2.38. The number of furan rings is 1. The maximum absolute atomic E-state index is 11.6. The molecule has 1 aliphatic rings. The minimum Gasteiger partial charge on any atom is -0.444 e. The molecule has 1 fully saturated rings. The number of amides is 2. The molecule has 110 valence electrons. The first kappa shape index (κ1) is 15.1. The van der Waals surface area contributed by atoms with Gasteiger partial charge in [0.05, 0.1) is 12.6 Å². The Balaban J connectivity index is 1.68. The second-order valence-electron chi connectivity index (χ2n) is 4.85. The SMILES string of the molecule is O=C(CNC(=O)c1ccc(Br)o1)NCC1CCCC1O. The molecule has 0 aliphatic heterocycles. The standard InChI is InChI=1S/C13H17BrN2O4/c14-11-5-4-10(20-11)13(19)16-7-12(18)15-6-8-2-1-3-9(8)17/h4-5,8-9,17H,1-3,6-7H2,(H,15,18)(H,16,19). The third-order valence-electron chi connectivity index (χ3n) is 3.39. The fourth-order valence-corrected chi connectivity index (χ4v) is 2.55. The monoisotopic (exact) mass is 344 g/mol. The Bertz CT molecular complexity index is 488. The van der Waals surface area contributed by atoms with Gasteiger partial charge >= 0.3 is 0 Å². The normalized spacial score (nSPS) is 21.7. The van der Waals surface area contributed by atoms with Crippen molar-refractivity contribution >= 4 is 27.7 Å². The largest absolute Gasteiger partial charge is 0.444 e. The molecule has 1 heterocycles. The summed E-state index contributed by atoms with van der Waals surface area (Å²) in [5.41, 5.74) is 0. The molecule has 7 heteroatoms. The predicted octanol–water partition coefficient (Wildman–Crippen LogP) is 1.05. The van der Waals surface area contributed by atoms with Gasteiger partial charge in [-0.2, -0.15) is 0 Å². The smallest absolute Gasteiger partial charge is 0.287 e. The molecule has 0 bridgehead atoms. The van der Waals surface area contributed by atoms with E-state index in [2.05, 4.69) is 26.6 Å². The summed E-state index contributed by atoms with van der Waals surface area (Å²) in [5.74, 6) is -0.443. The number of hydrogen-bond donors (Lipinski definition) is 3. The molecule has 3 N–H and O–H groups in total. The molecular formula is C13H17BrN2O4. The molecule has 0 radical (unpaired) electrons. The zero-order valence-corrected chi connectivity index (χ0v) is 12.5. The average Bonchev–Trinajstić information content (AvgIpc) is 3.02. The van der Waals surface area contributed by atoms with Gasteiger partial charge in [0.25, 0.3) is 5.91 Å². The van der Waals surface area contributed by atoms with E-state index in [9.17, 15) is 14.7 Å². The Kier molecular flexibility index (Phi) is 5.19. The molecule has 0 aromatic carbocycles. The van der Waals surface area contributed by atoms with Crippen molar-refractivity contribution in [2.24, 2.45) is 5.92 Å². The van der Waals surface area contributed by atoms with Crippen molar-refractivity contribution in [3.8, 4) is 0 Å². The molecule has 0 saturated heterocycles. The Labute approximate surface area is 125 Å². The van der Waals surface area contributed by atoms with Crippen molar-refractivity contribution in [2.45, 2.75) is 25.4 Å². The molecule has 0 spiro atoms. The highest BCUT2D eigenvalue weighted by Gasteiger charge is 2.25. The van der Waals surface area contributed by atoms with Gasteiger partial charge in [-0.3, -0.25) is 9.59 Å². The number of carbonyl (C=O) groups excluding carboxylic acids is 2. The van der Waals surface area contributed by atoms with E-state index in [-0.39, 0.29) is 30.2 Å². The lowest BCUT2D eigenvalue weighted by Gasteiger charge is -2.15. The van der Waals surface area contributed by atoms with Crippen LogP contribution in [-0.2, 0) is 4.79 Å². The summed E-state index contributed by atoms with van der Waals surface area (Å²) < 4.78 is 5.53.